The van der Waals surface area contributed by atoms with Crippen LogP contribution in [0.25, 0.3) is 0 Å². The Balaban J connectivity index is 3.06. The van der Waals surface area contributed by atoms with Crippen LogP contribution in [-0.4, -0.2) is 43.3 Å². The lowest BCUT2D eigenvalue weighted by Crippen LogP contribution is -2.20. The zero-order valence-electron chi connectivity index (χ0n) is 17.3. The molecule has 0 aromatic carbocycles. The molecule has 0 aliphatic carbocycles. The molecule has 0 amide bonds. The molecule has 0 aliphatic rings. The third-order valence-electron chi connectivity index (χ3n) is 5.19. The maximum atomic E-state index is 8.77. The van der Waals surface area contributed by atoms with E-state index in [2.05, 4.69) is 11.9 Å². The van der Waals surface area contributed by atoms with E-state index in [1.807, 2.05) is 0 Å². The van der Waals surface area contributed by atoms with Crippen LogP contribution >= 0.6 is 0 Å². The summed E-state index contributed by atoms with van der Waals surface area (Å²) in [5.41, 5.74) is 5.51. The minimum absolute atomic E-state index is 0.346. The van der Waals surface area contributed by atoms with Gasteiger partial charge in [-0.05, 0) is 58.8 Å². The van der Waals surface area contributed by atoms with Gasteiger partial charge in [-0.1, -0.05) is 77.0 Å². The highest BCUT2D eigenvalue weighted by molar-refractivity contribution is 4.54. The molecule has 0 saturated heterocycles. The van der Waals surface area contributed by atoms with Crippen LogP contribution in [0.3, 0.4) is 0 Å². The van der Waals surface area contributed by atoms with Gasteiger partial charge in [-0.15, -0.1) is 0 Å². The third-order valence-corrected chi connectivity index (χ3v) is 5.19. The Morgan fingerprint density at radius 3 is 1.20 bits per heavy atom. The molecule has 3 heteroatoms. The van der Waals surface area contributed by atoms with Crippen molar-refractivity contribution < 1.29 is 5.11 Å². The van der Waals surface area contributed by atoms with E-state index in [1.165, 1.54) is 109 Å². The van der Waals surface area contributed by atoms with Crippen LogP contribution in [-0.2, 0) is 0 Å². The Morgan fingerprint density at radius 2 is 0.840 bits per heavy atom. The van der Waals surface area contributed by atoms with Crippen molar-refractivity contribution in [2.24, 2.45) is 5.73 Å². The van der Waals surface area contributed by atoms with Crippen LogP contribution in [0, 0.1) is 0 Å². The number of hydrogen-bond acceptors (Lipinski definition) is 3. The van der Waals surface area contributed by atoms with Gasteiger partial charge in [-0.3, -0.25) is 0 Å². The van der Waals surface area contributed by atoms with Crippen LogP contribution in [0.2, 0.25) is 0 Å². The SMILES string of the molecule is CN(CCCCCO)CCCCCCCCCCCCCCCCN. The van der Waals surface area contributed by atoms with Gasteiger partial charge in [0.1, 0.15) is 0 Å². The maximum absolute atomic E-state index is 8.77. The molecule has 0 radical (unpaired) electrons. The summed E-state index contributed by atoms with van der Waals surface area (Å²) in [6.45, 7) is 3.64. The largest absolute Gasteiger partial charge is 0.396 e. The first-order valence-corrected chi connectivity index (χ1v) is 11.3. The van der Waals surface area contributed by atoms with Crippen LogP contribution < -0.4 is 5.73 Å². The minimum Gasteiger partial charge on any atom is -0.396 e. The number of unbranched alkanes of at least 4 members (excludes halogenated alkanes) is 15. The summed E-state index contributed by atoms with van der Waals surface area (Å²) >= 11 is 0. The lowest BCUT2D eigenvalue weighted by Gasteiger charge is -2.16. The highest BCUT2D eigenvalue weighted by atomic mass is 16.2. The van der Waals surface area contributed by atoms with Crippen molar-refractivity contribution in [2.75, 3.05) is 33.3 Å². The second-order valence-electron chi connectivity index (χ2n) is 7.83. The Bertz CT molecular complexity index is 236. The number of nitrogens with zero attached hydrogens (tertiary/aromatic N) is 1. The molecule has 0 spiro atoms. The molecule has 0 rings (SSSR count). The molecule has 0 atom stereocenters. The number of hydrogen-bond donors (Lipinski definition) is 2. The summed E-state index contributed by atoms with van der Waals surface area (Å²) in [5.74, 6) is 0. The van der Waals surface area contributed by atoms with Gasteiger partial charge in [0.25, 0.3) is 0 Å². The topological polar surface area (TPSA) is 49.5 Å². The van der Waals surface area contributed by atoms with E-state index < -0.39 is 0 Å². The molecular weight excluding hydrogens is 308 g/mol. The van der Waals surface area contributed by atoms with Crippen LogP contribution in [0.5, 0.6) is 0 Å². The van der Waals surface area contributed by atoms with Gasteiger partial charge < -0.3 is 15.7 Å². The lowest BCUT2D eigenvalue weighted by atomic mass is 10.0. The second kappa shape index (κ2) is 21.9. The van der Waals surface area contributed by atoms with Crippen molar-refractivity contribution in [1.82, 2.24) is 4.90 Å². The predicted molar refractivity (Wildman–Crippen MR) is 112 cm³/mol. The van der Waals surface area contributed by atoms with Crippen molar-refractivity contribution >= 4 is 0 Å². The molecule has 0 fully saturated rings. The predicted octanol–water partition coefficient (Wildman–Crippen LogP) is 5.50. The molecule has 0 bridgehead atoms. The second-order valence-corrected chi connectivity index (χ2v) is 7.83. The standard InChI is InChI=1S/C22H48N2O/c1-24(21-17-14-18-22-25)20-16-13-11-9-7-5-3-2-4-6-8-10-12-15-19-23/h25H,2-23H2,1H3. The highest BCUT2D eigenvalue weighted by Gasteiger charge is 1.98. The number of nitrogens with two attached hydrogens (primary N) is 1. The molecule has 0 aliphatic heterocycles. The maximum Gasteiger partial charge on any atom is 0.0431 e. The molecular formula is C22H48N2O. The number of rotatable bonds is 21. The van der Waals surface area contributed by atoms with Crippen LogP contribution in [0.4, 0.5) is 0 Å². The summed E-state index contributed by atoms with van der Waals surface area (Å²) in [6.07, 6.45) is 22.9. The average Bonchev–Trinajstić information content (AvgIpc) is 2.62. The Hall–Kier alpha value is -0.120. The quantitative estimate of drug-likeness (QED) is 0.267. The first-order chi connectivity index (χ1) is 12.3. The summed E-state index contributed by atoms with van der Waals surface area (Å²) in [7, 11) is 2.23. The van der Waals surface area contributed by atoms with Gasteiger partial charge in [0.05, 0.1) is 0 Å². The first-order valence-electron chi connectivity index (χ1n) is 11.3. The van der Waals surface area contributed by atoms with E-state index in [0.29, 0.717) is 6.61 Å². The Labute approximate surface area is 158 Å². The molecule has 0 aromatic rings. The fourth-order valence-electron chi connectivity index (χ4n) is 3.43. The summed E-state index contributed by atoms with van der Waals surface area (Å²) in [5, 5.41) is 8.77. The van der Waals surface area contributed by atoms with Gasteiger partial charge in [0.15, 0.2) is 0 Å². The van der Waals surface area contributed by atoms with Gasteiger partial charge in [-0.2, -0.15) is 0 Å². The molecule has 0 unspecified atom stereocenters. The van der Waals surface area contributed by atoms with E-state index in [4.69, 9.17) is 10.8 Å². The third kappa shape index (κ3) is 21.8. The summed E-state index contributed by atoms with van der Waals surface area (Å²) in [4.78, 5) is 2.45. The van der Waals surface area contributed by atoms with E-state index in [0.717, 1.165) is 19.4 Å². The summed E-state index contributed by atoms with van der Waals surface area (Å²) < 4.78 is 0. The molecule has 25 heavy (non-hydrogen) atoms. The first kappa shape index (κ1) is 24.9. The van der Waals surface area contributed by atoms with Gasteiger partial charge in [0, 0.05) is 6.61 Å². The number of aliphatic hydroxyl groups excluding tert-OH is 1. The van der Waals surface area contributed by atoms with E-state index in [1.54, 1.807) is 0 Å². The zero-order chi connectivity index (χ0) is 18.4. The zero-order valence-corrected chi connectivity index (χ0v) is 17.3. The molecule has 3 nitrogen and oxygen atoms in total. The van der Waals surface area contributed by atoms with Crippen molar-refractivity contribution in [3.63, 3.8) is 0 Å². The molecule has 0 aromatic heterocycles. The minimum atomic E-state index is 0.346. The average molecular weight is 357 g/mol. The fraction of sp³-hybridized carbons (Fsp3) is 1.00. The van der Waals surface area contributed by atoms with Crippen molar-refractivity contribution in [3.8, 4) is 0 Å². The van der Waals surface area contributed by atoms with Crippen LogP contribution in [0.1, 0.15) is 109 Å². The Kier molecular flexibility index (Phi) is 21.8. The van der Waals surface area contributed by atoms with Gasteiger partial charge in [0.2, 0.25) is 0 Å². The lowest BCUT2D eigenvalue weighted by molar-refractivity contribution is 0.271. The smallest absolute Gasteiger partial charge is 0.0431 e. The summed E-state index contributed by atoms with van der Waals surface area (Å²) in [6, 6.07) is 0. The van der Waals surface area contributed by atoms with E-state index in [9.17, 15) is 0 Å². The molecule has 0 saturated carbocycles. The monoisotopic (exact) mass is 356 g/mol. The molecule has 152 valence electrons. The Morgan fingerprint density at radius 1 is 0.520 bits per heavy atom. The van der Waals surface area contributed by atoms with E-state index >= 15 is 0 Å². The van der Waals surface area contributed by atoms with Crippen molar-refractivity contribution in [1.29, 1.82) is 0 Å². The van der Waals surface area contributed by atoms with E-state index in [-0.39, 0.29) is 0 Å². The van der Waals surface area contributed by atoms with Gasteiger partial charge in [-0.25, -0.2) is 0 Å². The van der Waals surface area contributed by atoms with Crippen molar-refractivity contribution in [3.05, 3.63) is 0 Å². The molecule has 3 N–H and O–H groups in total. The number of aliphatic hydroxyl groups is 1. The van der Waals surface area contributed by atoms with Crippen molar-refractivity contribution in [2.45, 2.75) is 109 Å². The highest BCUT2D eigenvalue weighted by Crippen LogP contribution is 2.13. The molecule has 0 heterocycles. The van der Waals surface area contributed by atoms with Crippen LogP contribution in [0.15, 0.2) is 0 Å². The fourth-order valence-corrected chi connectivity index (χ4v) is 3.43. The van der Waals surface area contributed by atoms with Gasteiger partial charge >= 0.3 is 0 Å². The normalized spacial score (nSPS) is 11.5.